The van der Waals surface area contributed by atoms with E-state index in [4.69, 9.17) is 0 Å². The van der Waals surface area contributed by atoms with E-state index in [-0.39, 0.29) is 0 Å². The number of halogens is 1. The van der Waals surface area contributed by atoms with Crippen LogP contribution in [0.4, 0.5) is 5.69 Å². The molecular weight excluding hydrogens is 237 g/mol. The van der Waals surface area contributed by atoms with Crippen LogP contribution in [0.3, 0.4) is 0 Å². The van der Waals surface area contributed by atoms with E-state index in [0.717, 1.165) is 6.54 Å². The van der Waals surface area contributed by atoms with Crippen molar-refractivity contribution in [2.45, 2.75) is 6.92 Å². The second-order valence-corrected chi connectivity index (χ2v) is 3.17. The van der Waals surface area contributed by atoms with Crippen LogP contribution in [0.2, 0.25) is 0 Å². The van der Waals surface area contributed by atoms with Gasteiger partial charge in [0.15, 0.2) is 0 Å². The quantitative estimate of drug-likeness (QED) is 0.792. The highest BCUT2D eigenvalue weighted by atomic mass is 127. The van der Waals surface area contributed by atoms with Crippen LogP contribution >= 0.6 is 22.6 Å². The summed E-state index contributed by atoms with van der Waals surface area (Å²) in [6.07, 6.45) is 0. The minimum atomic E-state index is 0.986. The van der Waals surface area contributed by atoms with Crippen LogP contribution in [0.5, 0.6) is 0 Å². The van der Waals surface area contributed by atoms with Gasteiger partial charge in [0.05, 0.1) is 0 Å². The number of rotatable bonds is 2. The molecule has 0 atom stereocenters. The standard InChI is InChI=1S/C8H10IN/c1-2-10-8-6-4-3-5-7(8)9/h3-6,10H,2H2,1H3. The first-order valence-electron chi connectivity index (χ1n) is 3.33. The molecule has 54 valence electrons. The zero-order valence-corrected chi connectivity index (χ0v) is 8.05. The number of benzene rings is 1. The highest BCUT2D eigenvalue weighted by Gasteiger charge is 1.92. The third kappa shape index (κ3) is 1.87. The second-order valence-electron chi connectivity index (χ2n) is 2.01. The average molecular weight is 247 g/mol. The van der Waals surface area contributed by atoms with Crippen LogP contribution in [0, 0.1) is 3.57 Å². The van der Waals surface area contributed by atoms with E-state index in [0.29, 0.717) is 0 Å². The molecule has 0 bridgehead atoms. The Hall–Kier alpha value is -0.250. The molecule has 0 amide bonds. The molecular formula is C8H10IN. The van der Waals surface area contributed by atoms with Crippen LogP contribution in [0.15, 0.2) is 24.3 Å². The minimum Gasteiger partial charge on any atom is -0.384 e. The van der Waals surface area contributed by atoms with Crippen LogP contribution < -0.4 is 5.32 Å². The molecule has 0 radical (unpaired) electrons. The Morgan fingerprint density at radius 3 is 2.70 bits per heavy atom. The highest BCUT2D eigenvalue weighted by Crippen LogP contribution is 2.15. The molecule has 2 heteroatoms. The summed E-state index contributed by atoms with van der Waals surface area (Å²) in [4.78, 5) is 0. The maximum absolute atomic E-state index is 3.27. The first-order valence-corrected chi connectivity index (χ1v) is 4.41. The van der Waals surface area contributed by atoms with Crippen LogP contribution in [-0.4, -0.2) is 6.54 Å². The van der Waals surface area contributed by atoms with Crippen LogP contribution in [0.1, 0.15) is 6.92 Å². The van der Waals surface area contributed by atoms with Crippen molar-refractivity contribution in [3.8, 4) is 0 Å². The summed E-state index contributed by atoms with van der Waals surface area (Å²) in [7, 11) is 0. The van der Waals surface area contributed by atoms with Gasteiger partial charge >= 0.3 is 0 Å². The van der Waals surface area contributed by atoms with Gasteiger partial charge in [-0.3, -0.25) is 0 Å². The van der Waals surface area contributed by atoms with Gasteiger partial charge in [-0.2, -0.15) is 0 Å². The lowest BCUT2D eigenvalue weighted by molar-refractivity contribution is 1.21. The van der Waals surface area contributed by atoms with Crippen molar-refractivity contribution in [1.29, 1.82) is 0 Å². The number of nitrogens with one attached hydrogen (secondary N) is 1. The number of hydrogen-bond donors (Lipinski definition) is 1. The van der Waals surface area contributed by atoms with Crippen molar-refractivity contribution >= 4 is 28.3 Å². The highest BCUT2D eigenvalue weighted by molar-refractivity contribution is 14.1. The van der Waals surface area contributed by atoms with Gasteiger partial charge in [0, 0.05) is 15.8 Å². The van der Waals surface area contributed by atoms with E-state index in [2.05, 4.69) is 47.0 Å². The fourth-order valence-electron chi connectivity index (χ4n) is 0.795. The number of para-hydroxylation sites is 1. The first-order chi connectivity index (χ1) is 4.84. The van der Waals surface area contributed by atoms with Gasteiger partial charge in [0.1, 0.15) is 0 Å². The Morgan fingerprint density at radius 2 is 2.10 bits per heavy atom. The molecule has 0 aromatic heterocycles. The molecule has 0 aliphatic heterocycles. The summed E-state index contributed by atoms with van der Waals surface area (Å²) in [5.74, 6) is 0. The summed E-state index contributed by atoms with van der Waals surface area (Å²) in [6.45, 7) is 3.09. The van der Waals surface area contributed by atoms with Crippen molar-refractivity contribution < 1.29 is 0 Å². The molecule has 0 saturated heterocycles. The van der Waals surface area contributed by atoms with Gasteiger partial charge in [0.25, 0.3) is 0 Å². The van der Waals surface area contributed by atoms with Gasteiger partial charge in [-0.1, -0.05) is 12.1 Å². The van der Waals surface area contributed by atoms with Crippen molar-refractivity contribution in [1.82, 2.24) is 0 Å². The number of hydrogen-bond acceptors (Lipinski definition) is 1. The third-order valence-corrected chi connectivity index (χ3v) is 2.18. The number of anilines is 1. The molecule has 0 aliphatic carbocycles. The Kier molecular flexibility index (Phi) is 2.99. The topological polar surface area (TPSA) is 12.0 Å². The van der Waals surface area contributed by atoms with E-state index in [1.807, 2.05) is 12.1 Å². The first kappa shape index (κ1) is 7.85. The summed E-state index contributed by atoms with van der Waals surface area (Å²) >= 11 is 2.32. The monoisotopic (exact) mass is 247 g/mol. The lowest BCUT2D eigenvalue weighted by Gasteiger charge is -2.03. The zero-order chi connectivity index (χ0) is 7.40. The molecule has 1 N–H and O–H groups in total. The fourth-order valence-corrected chi connectivity index (χ4v) is 1.37. The van der Waals surface area contributed by atoms with E-state index in [9.17, 15) is 0 Å². The molecule has 1 aromatic rings. The van der Waals surface area contributed by atoms with Gasteiger partial charge in [-0.05, 0) is 41.6 Å². The van der Waals surface area contributed by atoms with Crippen molar-refractivity contribution in [3.63, 3.8) is 0 Å². The van der Waals surface area contributed by atoms with E-state index in [1.165, 1.54) is 9.26 Å². The Labute approximate surface area is 75.0 Å². The maximum Gasteiger partial charge on any atom is 0.0475 e. The zero-order valence-electron chi connectivity index (χ0n) is 5.89. The fraction of sp³-hybridized carbons (Fsp3) is 0.250. The normalized spacial score (nSPS) is 9.40. The molecule has 0 saturated carbocycles. The molecule has 1 nitrogen and oxygen atoms in total. The molecule has 1 aromatic carbocycles. The van der Waals surface area contributed by atoms with E-state index < -0.39 is 0 Å². The average Bonchev–Trinajstić information content (AvgIpc) is 1.94. The van der Waals surface area contributed by atoms with Gasteiger partial charge in [0.2, 0.25) is 0 Å². The lowest BCUT2D eigenvalue weighted by atomic mass is 10.3. The molecule has 0 spiro atoms. The van der Waals surface area contributed by atoms with Gasteiger partial charge in [-0.15, -0.1) is 0 Å². The predicted molar refractivity (Wildman–Crippen MR) is 53.3 cm³/mol. The Morgan fingerprint density at radius 1 is 1.40 bits per heavy atom. The molecule has 0 unspecified atom stereocenters. The van der Waals surface area contributed by atoms with E-state index in [1.54, 1.807) is 0 Å². The molecule has 0 fully saturated rings. The molecule has 0 aliphatic rings. The largest absolute Gasteiger partial charge is 0.384 e. The van der Waals surface area contributed by atoms with Crippen LogP contribution in [-0.2, 0) is 0 Å². The lowest BCUT2D eigenvalue weighted by Crippen LogP contribution is -1.97. The van der Waals surface area contributed by atoms with Crippen molar-refractivity contribution in [2.24, 2.45) is 0 Å². The van der Waals surface area contributed by atoms with Gasteiger partial charge in [-0.25, -0.2) is 0 Å². The second kappa shape index (κ2) is 3.81. The third-order valence-electron chi connectivity index (χ3n) is 1.24. The summed E-state index contributed by atoms with van der Waals surface area (Å²) in [5, 5.41) is 3.27. The van der Waals surface area contributed by atoms with Crippen molar-refractivity contribution in [3.05, 3.63) is 27.8 Å². The SMILES string of the molecule is CCNc1ccccc1I. The molecule has 1 rings (SSSR count). The van der Waals surface area contributed by atoms with E-state index >= 15 is 0 Å². The minimum absolute atomic E-state index is 0.986. The molecule has 0 heterocycles. The van der Waals surface area contributed by atoms with Crippen LogP contribution in [0.25, 0.3) is 0 Å². The Balaban J connectivity index is 2.81. The predicted octanol–water partition coefficient (Wildman–Crippen LogP) is 2.72. The Bertz CT molecular complexity index is 210. The smallest absolute Gasteiger partial charge is 0.0475 e. The van der Waals surface area contributed by atoms with Gasteiger partial charge < -0.3 is 5.32 Å². The molecule has 10 heavy (non-hydrogen) atoms. The van der Waals surface area contributed by atoms with Crippen molar-refractivity contribution in [2.75, 3.05) is 11.9 Å². The summed E-state index contributed by atoms with van der Waals surface area (Å²) in [5.41, 5.74) is 1.23. The maximum atomic E-state index is 3.27. The summed E-state index contributed by atoms with van der Waals surface area (Å²) in [6, 6.07) is 8.27. The summed E-state index contributed by atoms with van der Waals surface area (Å²) < 4.78 is 1.28.